The smallest absolute Gasteiger partial charge is 0.133 e. The fourth-order valence-corrected chi connectivity index (χ4v) is 1.86. The number of rotatable bonds is 10. The van der Waals surface area contributed by atoms with Gasteiger partial charge in [0.15, 0.2) is 0 Å². The van der Waals surface area contributed by atoms with Crippen LogP contribution >= 0.6 is 0 Å². The van der Waals surface area contributed by atoms with E-state index in [-0.39, 0.29) is 6.10 Å². The Labute approximate surface area is 122 Å². The number of hydrogen-bond acceptors (Lipinski definition) is 5. The average Bonchev–Trinajstić information content (AvgIpc) is 2.43. The molecule has 0 saturated heterocycles. The first-order valence-electron chi connectivity index (χ1n) is 7.66. The highest BCUT2D eigenvalue weighted by Gasteiger charge is 2.06. The summed E-state index contributed by atoms with van der Waals surface area (Å²) in [6.07, 6.45) is 3.21. The lowest BCUT2D eigenvalue weighted by Crippen LogP contribution is -2.20. The van der Waals surface area contributed by atoms with Crippen LogP contribution in [-0.4, -0.2) is 35.8 Å². The molecular formula is C15H28N4O. The predicted molar refractivity (Wildman–Crippen MR) is 84.4 cm³/mol. The molecule has 1 unspecified atom stereocenters. The van der Waals surface area contributed by atoms with Crippen molar-refractivity contribution in [2.24, 2.45) is 0 Å². The van der Waals surface area contributed by atoms with E-state index in [4.69, 9.17) is 4.74 Å². The second-order valence-corrected chi connectivity index (χ2v) is 4.88. The molecule has 0 saturated carbocycles. The van der Waals surface area contributed by atoms with Crippen molar-refractivity contribution in [2.75, 3.05) is 30.3 Å². The van der Waals surface area contributed by atoms with Gasteiger partial charge in [-0.15, -0.1) is 0 Å². The van der Waals surface area contributed by atoms with E-state index >= 15 is 0 Å². The first kappa shape index (κ1) is 16.7. The van der Waals surface area contributed by atoms with Crippen LogP contribution in [-0.2, 0) is 11.2 Å². The first-order valence-corrected chi connectivity index (χ1v) is 7.66. The number of aryl methyl sites for hydroxylation is 1. The summed E-state index contributed by atoms with van der Waals surface area (Å²) in [6, 6.07) is 1.97. The summed E-state index contributed by atoms with van der Waals surface area (Å²) < 4.78 is 5.51. The van der Waals surface area contributed by atoms with Crippen LogP contribution in [0, 0.1) is 0 Å². The van der Waals surface area contributed by atoms with Gasteiger partial charge in [0.05, 0.1) is 6.10 Å². The van der Waals surface area contributed by atoms with Gasteiger partial charge in [0.2, 0.25) is 0 Å². The maximum atomic E-state index is 5.51. The molecule has 0 aliphatic rings. The van der Waals surface area contributed by atoms with Gasteiger partial charge in [-0.05, 0) is 26.7 Å². The molecular weight excluding hydrogens is 252 g/mol. The number of nitrogens with zero attached hydrogens (tertiary/aromatic N) is 2. The van der Waals surface area contributed by atoms with Crippen molar-refractivity contribution in [3.8, 4) is 0 Å². The van der Waals surface area contributed by atoms with E-state index in [1.54, 1.807) is 0 Å². The van der Waals surface area contributed by atoms with Crippen LogP contribution in [0.1, 0.15) is 46.4 Å². The quantitative estimate of drug-likeness (QED) is 0.689. The SMILES string of the molecule is CCCNc1cc(NCC(C)OCC)nc(CCC)n1. The molecule has 0 amide bonds. The zero-order chi connectivity index (χ0) is 14.8. The molecule has 1 heterocycles. The van der Waals surface area contributed by atoms with Crippen molar-refractivity contribution in [3.63, 3.8) is 0 Å². The highest BCUT2D eigenvalue weighted by Crippen LogP contribution is 2.13. The molecule has 0 aromatic carbocycles. The van der Waals surface area contributed by atoms with Crippen LogP contribution in [0.3, 0.4) is 0 Å². The maximum Gasteiger partial charge on any atom is 0.133 e. The summed E-state index contributed by atoms with van der Waals surface area (Å²) in [4.78, 5) is 9.08. The molecule has 2 N–H and O–H groups in total. The number of aromatic nitrogens is 2. The second kappa shape index (κ2) is 9.53. The highest BCUT2D eigenvalue weighted by molar-refractivity contribution is 5.47. The molecule has 5 nitrogen and oxygen atoms in total. The van der Waals surface area contributed by atoms with Crippen LogP contribution in [0.15, 0.2) is 6.07 Å². The lowest BCUT2D eigenvalue weighted by Gasteiger charge is -2.14. The van der Waals surface area contributed by atoms with Crippen molar-refractivity contribution >= 4 is 11.6 Å². The van der Waals surface area contributed by atoms with Gasteiger partial charge in [-0.3, -0.25) is 0 Å². The lowest BCUT2D eigenvalue weighted by atomic mass is 10.3. The summed E-state index contributed by atoms with van der Waals surface area (Å²) >= 11 is 0. The average molecular weight is 280 g/mol. The summed E-state index contributed by atoms with van der Waals surface area (Å²) in [5.74, 6) is 2.66. The van der Waals surface area contributed by atoms with Crippen molar-refractivity contribution in [3.05, 3.63) is 11.9 Å². The molecule has 114 valence electrons. The molecule has 0 spiro atoms. The van der Waals surface area contributed by atoms with Crippen molar-refractivity contribution < 1.29 is 4.74 Å². The van der Waals surface area contributed by atoms with Crippen molar-refractivity contribution in [1.82, 2.24) is 9.97 Å². The minimum absolute atomic E-state index is 0.177. The van der Waals surface area contributed by atoms with Gasteiger partial charge in [-0.25, -0.2) is 9.97 Å². The van der Waals surface area contributed by atoms with Gasteiger partial charge in [0.1, 0.15) is 17.5 Å². The highest BCUT2D eigenvalue weighted by atomic mass is 16.5. The Balaban J connectivity index is 2.69. The third kappa shape index (κ3) is 6.19. The van der Waals surface area contributed by atoms with Crippen LogP contribution in [0.25, 0.3) is 0 Å². The van der Waals surface area contributed by atoms with E-state index < -0.39 is 0 Å². The van der Waals surface area contributed by atoms with E-state index in [0.29, 0.717) is 0 Å². The second-order valence-electron chi connectivity index (χ2n) is 4.88. The minimum atomic E-state index is 0.177. The van der Waals surface area contributed by atoms with Gasteiger partial charge in [0.25, 0.3) is 0 Å². The van der Waals surface area contributed by atoms with Gasteiger partial charge in [0, 0.05) is 32.2 Å². The number of ether oxygens (including phenoxy) is 1. The van der Waals surface area contributed by atoms with E-state index in [9.17, 15) is 0 Å². The Bertz CT molecular complexity index is 384. The zero-order valence-corrected chi connectivity index (χ0v) is 13.2. The molecule has 0 radical (unpaired) electrons. The van der Waals surface area contributed by atoms with Gasteiger partial charge in [-0.1, -0.05) is 13.8 Å². The number of nitrogens with one attached hydrogen (secondary N) is 2. The van der Waals surface area contributed by atoms with Crippen LogP contribution in [0.4, 0.5) is 11.6 Å². The summed E-state index contributed by atoms with van der Waals surface area (Å²) in [5, 5.41) is 6.65. The molecule has 1 aromatic heterocycles. The summed E-state index contributed by atoms with van der Waals surface area (Å²) in [7, 11) is 0. The van der Waals surface area contributed by atoms with Gasteiger partial charge >= 0.3 is 0 Å². The monoisotopic (exact) mass is 280 g/mol. The largest absolute Gasteiger partial charge is 0.377 e. The van der Waals surface area contributed by atoms with Crippen molar-refractivity contribution in [2.45, 2.75) is 53.1 Å². The fourth-order valence-electron chi connectivity index (χ4n) is 1.86. The molecule has 0 fully saturated rings. The molecule has 20 heavy (non-hydrogen) atoms. The number of anilines is 2. The molecule has 0 bridgehead atoms. The molecule has 1 aromatic rings. The Morgan fingerprint density at radius 3 is 2.40 bits per heavy atom. The van der Waals surface area contributed by atoms with Crippen LogP contribution < -0.4 is 10.6 Å². The van der Waals surface area contributed by atoms with E-state index in [1.165, 1.54) is 0 Å². The van der Waals surface area contributed by atoms with Crippen LogP contribution in [0.5, 0.6) is 0 Å². The Kier molecular flexibility index (Phi) is 7.95. The molecule has 5 heteroatoms. The predicted octanol–water partition coefficient (Wildman–Crippen LogP) is 3.09. The normalized spacial score (nSPS) is 12.2. The molecule has 0 aliphatic carbocycles. The summed E-state index contributed by atoms with van der Waals surface area (Å²) in [6.45, 7) is 10.8. The number of hydrogen-bond donors (Lipinski definition) is 2. The van der Waals surface area contributed by atoms with Crippen LogP contribution in [0.2, 0.25) is 0 Å². The van der Waals surface area contributed by atoms with Gasteiger partial charge < -0.3 is 15.4 Å². The summed E-state index contributed by atoms with van der Waals surface area (Å²) in [5.41, 5.74) is 0. The Morgan fingerprint density at radius 2 is 1.80 bits per heavy atom. The Hall–Kier alpha value is -1.36. The first-order chi connectivity index (χ1) is 9.69. The fraction of sp³-hybridized carbons (Fsp3) is 0.733. The third-order valence-corrected chi connectivity index (χ3v) is 2.82. The minimum Gasteiger partial charge on any atom is -0.377 e. The van der Waals surface area contributed by atoms with E-state index in [0.717, 1.165) is 56.4 Å². The third-order valence-electron chi connectivity index (χ3n) is 2.82. The van der Waals surface area contributed by atoms with Gasteiger partial charge in [-0.2, -0.15) is 0 Å². The van der Waals surface area contributed by atoms with Crippen molar-refractivity contribution in [1.29, 1.82) is 0 Å². The van der Waals surface area contributed by atoms with E-state index in [2.05, 4.69) is 41.4 Å². The molecule has 1 atom stereocenters. The lowest BCUT2D eigenvalue weighted by molar-refractivity contribution is 0.0855. The standard InChI is InChI=1S/C15H28N4O/c1-5-8-13-18-14(16-9-6-2)10-15(19-13)17-11-12(4)20-7-3/h10,12H,5-9,11H2,1-4H3,(H2,16,17,18,19). The molecule has 0 aliphatic heterocycles. The topological polar surface area (TPSA) is 59.1 Å². The molecule has 1 rings (SSSR count). The zero-order valence-electron chi connectivity index (χ0n) is 13.2. The maximum absolute atomic E-state index is 5.51. The van der Waals surface area contributed by atoms with E-state index in [1.807, 2.05) is 13.0 Å². The Morgan fingerprint density at radius 1 is 1.10 bits per heavy atom.